The number of methoxy groups -OCH3 is 1. The Labute approximate surface area is 122 Å². The lowest BCUT2D eigenvalue weighted by Crippen LogP contribution is -2.25. The number of aromatic amines is 1. The van der Waals surface area contributed by atoms with Gasteiger partial charge in [0.1, 0.15) is 11.6 Å². The van der Waals surface area contributed by atoms with Crippen molar-refractivity contribution in [1.82, 2.24) is 30.2 Å². The Bertz CT molecular complexity index is 595. The van der Waals surface area contributed by atoms with Gasteiger partial charge in [0, 0.05) is 20.1 Å². The molecule has 0 radical (unpaired) electrons. The van der Waals surface area contributed by atoms with Crippen molar-refractivity contribution in [1.29, 1.82) is 0 Å². The van der Waals surface area contributed by atoms with Crippen molar-refractivity contribution in [2.75, 3.05) is 13.7 Å². The number of nitrogens with zero attached hydrogens (tertiary/aromatic N) is 5. The minimum Gasteiger partial charge on any atom is -0.380 e. The Balaban J connectivity index is 1.77. The number of likely N-dealkylation sites (tertiary alicyclic amines) is 1. The smallest absolute Gasteiger partial charge is 0.244 e. The number of aromatic nitrogens is 5. The van der Waals surface area contributed by atoms with E-state index in [1.165, 1.54) is 0 Å². The van der Waals surface area contributed by atoms with Gasteiger partial charge in [-0.15, -0.1) is 0 Å². The molecule has 2 aromatic rings. The Morgan fingerprint density at radius 2 is 2.29 bits per heavy atom. The molecule has 3 heterocycles. The van der Waals surface area contributed by atoms with Crippen molar-refractivity contribution in [2.45, 2.75) is 45.4 Å². The van der Waals surface area contributed by atoms with Gasteiger partial charge in [0.25, 0.3) is 0 Å². The van der Waals surface area contributed by atoms with Crippen molar-refractivity contribution >= 4 is 0 Å². The third kappa shape index (κ3) is 2.96. The van der Waals surface area contributed by atoms with Gasteiger partial charge in [-0.25, -0.2) is 4.98 Å². The summed E-state index contributed by atoms with van der Waals surface area (Å²) < 4.78 is 10.8. The Hall–Kier alpha value is -1.80. The van der Waals surface area contributed by atoms with E-state index in [9.17, 15) is 0 Å². The van der Waals surface area contributed by atoms with Gasteiger partial charge in [-0.2, -0.15) is 10.1 Å². The summed E-state index contributed by atoms with van der Waals surface area (Å²) in [4.78, 5) is 11.1. The van der Waals surface area contributed by atoms with Gasteiger partial charge in [-0.1, -0.05) is 12.1 Å². The molecular formula is C13H20N6O2. The first-order chi connectivity index (χ1) is 10.2. The first-order valence-corrected chi connectivity index (χ1v) is 7.16. The number of aryl methyl sites for hydroxylation is 2. The summed E-state index contributed by atoms with van der Waals surface area (Å²) in [6, 6.07) is 0.0614. The predicted molar refractivity (Wildman–Crippen MR) is 73.4 cm³/mol. The second-order valence-electron chi connectivity index (χ2n) is 5.27. The fourth-order valence-electron chi connectivity index (χ4n) is 2.67. The van der Waals surface area contributed by atoms with Crippen LogP contribution in [0.25, 0.3) is 0 Å². The van der Waals surface area contributed by atoms with Crippen LogP contribution in [0.15, 0.2) is 4.52 Å². The molecule has 0 bridgehead atoms. The van der Waals surface area contributed by atoms with Gasteiger partial charge < -0.3 is 9.26 Å². The van der Waals surface area contributed by atoms with E-state index >= 15 is 0 Å². The van der Waals surface area contributed by atoms with Crippen LogP contribution in [0.1, 0.15) is 42.8 Å². The zero-order valence-electron chi connectivity index (χ0n) is 12.5. The first-order valence-electron chi connectivity index (χ1n) is 7.16. The highest BCUT2D eigenvalue weighted by Crippen LogP contribution is 2.33. The standard InChI is InChI=1S/C13H20N6O2/c1-4-11-15-12(17-16-11)7-19-6-9(20-3)5-10(19)13-14-8(2)18-21-13/h9-10H,4-7H2,1-3H3,(H,15,16,17)/t9-,10-/m1/s1. The van der Waals surface area contributed by atoms with Crippen molar-refractivity contribution in [3.63, 3.8) is 0 Å². The summed E-state index contributed by atoms with van der Waals surface area (Å²) in [6.45, 7) is 5.33. The molecule has 21 heavy (non-hydrogen) atoms. The SMILES string of the molecule is CCc1n[nH]c(CN2C[C@H](OC)C[C@@H]2c2nc(C)no2)n1. The van der Waals surface area contributed by atoms with Crippen molar-refractivity contribution in [2.24, 2.45) is 0 Å². The number of hydrogen-bond acceptors (Lipinski definition) is 7. The largest absolute Gasteiger partial charge is 0.380 e. The predicted octanol–water partition coefficient (Wildman–Crippen LogP) is 1.02. The average molecular weight is 292 g/mol. The molecule has 0 aliphatic carbocycles. The molecule has 8 heteroatoms. The quantitative estimate of drug-likeness (QED) is 0.879. The molecule has 2 atom stereocenters. The van der Waals surface area contributed by atoms with Gasteiger partial charge in [0.05, 0.1) is 18.7 Å². The summed E-state index contributed by atoms with van der Waals surface area (Å²) in [5.41, 5.74) is 0. The minimum absolute atomic E-state index is 0.0614. The first kappa shape index (κ1) is 14.2. The van der Waals surface area contributed by atoms with Crippen LogP contribution in [-0.4, -0.2) is 50.0 Å². The highest BCUT2D eigenvalue weighted by atomic mass is 16.5. The average Bonchev–Trinajstić information content (AvgIpc) is 3.18. The molecule has 1 aliphatic heterocycles. The fourth-order valence-corrected chi connectivity index (χ4v) is 2.67. The molecule has 1 N–H and O–H groups in total. The van der Waals surface area contributed by atoms with Gasteiger partial charge in [0.2, 0.25) is 5.89 Å². The monoisotopic (exact) mass is 292 g/mol. The van der Waals surface area contributed by atoms with Crippen LogP contribution in [0.4, 0.5) is 0 Å². The molecule has 114 valence electrons. The third-order valence-corrected chi connectivity index (χ3v) is 3.77. The Morgan fingerprint density at radius 3 is 2.90 bits per heavy atom. The fraction of sp³-hybridized carbons (Fsp3) is 0.692. The van der Waals surface area contributed by atoms with Crippen molar-refractivity contribution < 1.29 is 9.26 Å². The molecular weight excluding hydrogens is 272 g/mol. The number of H-pyrrole nitrogens is 1. The van der Waals surface area contributed by atoms with E-state index in [4.69, 9.17) is 9.26 Å². The number of ether oxygens (including phenoxy) is 1. The molecule has 2 aromatic heterocycles. The van der Waals surface area contributed by atoms with E-state index in [-0.39, 0.29) is 12.1 Å². The van der Waals surface area contributed by atoms with Crippen LogP contribution in [-0.2, 0) is 17.7 Å². The molecule has 1 saturated heterocycles. The van der Waals surface area contributed by atoms with Gasteiger partial charge in [-0.05, 0) is 13.3 Å². The molecule has 0 saturated carbocycles. The van der Waals surface area contributed by atoms with Crippen LogP contribution in [0.5, 0.6) is 0 Å². The van der Waals surface area contributed by atoms with E-state index in [0.717, 1.165) is 31.0 Å². The minimum atomic E-state index is 0.0614. The van der Waals surface area contributed by atoms with Crippen molar-refractivity contribution in [3.8, 4) is 0 Å². The van der Waals surface area contributed by atoms with Crippen LogP contribution in [0.3, 0.4) is 0 Å². The van der Waals surface area contributed by atoms with Crippen LogP contribution >= 0.6 is 0 Å². The van der Waals surface area contributed by atoms with E-state index in [2.05, 4.69) is 30.2 Å². The maximum Gasteiger partial charge on any atom is 0.244 e. The van der Waals surface area contributed by atoms with Crippen LogP contribution in [0, 0.1) is 6.92 Å². The van der Waals surface area contributed by atoms with E-state index in [1.807, 2.05) is 13.8 Å². The summed E-state index contributed by atoms with van der Waals surface area (Å²) >= 11 is 0. The van der Waals surface area contributed by atoms with Crippen molar-refractivity contribution in [3.05, 3.63) is 23.4 Å². The molecule has 0 amide bonds. The second kappa shape index (κ2) is 5.90. The molecule has 0 unspecified atom stereocenters. The summed E-state index contributed by atoms with van der Waals surface area (Å²) in [6.07, 6.45) is 1.83. The second-order valence-corrected chi connectivity index (χ2v) is 5.27. The van der Waals surface area contributed by atoms with E-state index < -0.39 is 0 Å². The van der Waals surface area contributed by atoms with Crippen LogP contribution < -0.4 is 0 Å². The molecule has 0 spiro atoms. The third-order valence-electron chi connectivity index (χ3n) is 3.77. The number of hydrogen-bond donors (Lipinski definition) is 1. The molecule has 8 nitrogen and oxygen atoms in total. The maximum atomic E-state index is 5.49. The molecule has 1 fully saturated rings. The lowest BCUT2D eigenvalue weighted by molar-refractivity contribution is 0.107. The highest BCUT2D eigenvalue weighted by Gasteiger charge is 2.37. The summed E-state index contributed by atoms with van der Waals surface area (Å²) in [7, 11) is 1.73. The Morgan fingerprint density at radius 1 is 1.43 bits per heavy atom. The zero-order valence-corrected chi connectivity index (χ0v) is 12.5. The van der Waals surface area contributed by atoms with Crippen LogP contribution in [0.2, 0.25) is 0 Å². The number of nitrogens with one attached hydrogen (secondary N) is 1. The lowest BCUT2D eigenvalue weighted by Gasteiger charge is -2.19. The molecule has 0 aromatic carbocycles. The zero-order chi connectivity index (χ0) is 14.8. The topological polar surface area (TPSA) is 93.0 Å². The van der Waals surface area contributed by atoms with Gasteiger partial charge in [-0.3, -0.25) is 10.00 Å². The molecule has 3 rings (SSSR count). The highest BCUT2D eigenvalue weighted by molar-refractivity contribution is 5.01. The lowest BCUT2D eigenvalue weighted by atomic mass is 10.2. The Kier molecular flexibility index (Phi) is 3.98. The normalized spacial score (nSPS) is 23.0. The maximum absolute atomic E-state index is 5.49. The summed E-state index contributed by atoms with van der Waals surface area (Å²) in [5.74, 6) is 2.98. The van der Waals surface area contributed by atoms with Gasteiger partial charge >= 0.3 is 0 Å². The number of rotatable bonds is 5. The van der Waals surface area contributed by atoms with E-state index in [0.29, 0.717) is 18.3 Å². The summed E-state index contributed by atoms with van der Waals surface area (Å²) in [5, 5.41) is 11.0. The van der Waals surface area contributed by atoms with E-state index in [1.54, 1.807) is 7.11 Å². The van der Waals surface area contributed by atoms with Gasteiger partial charge in [0.15, 0.2) is 5.82 Å². The molecule has 1 aliphatic rings.